The standard InChI is InChI=1S/C14H24N2OS.ClH/c1-4-6-12-11(5-2)9-13(18-12)14(17)16-8-7-10(3)15;/h9-10H,4-8,15H2,1-3H3,(H,16,17);1H. The smallest absolute Gasteiger partial charge is 0.261 e. The molecule has 1 aromatic rings. The zero-order valence-corrected chi connectivity index (χ0v) is 13.6. The molecule has 0 radical (unpaired) electrons. The molecule has 0 bridgehead atoms. The van der Waals surface area contributed by atoms with Crippen molar-refractivity contribution in [1.82, 2.24) is 5.32 Å². The van der Waals surface area contributed by atoms with Crippen molar-refractivity contribution in [3.05, 3.63) is 21.4 Å². The minimum Gasteiger partial charge on any atom is -0.351 e. The van der Waals surface area contributed by atoms with Gasteiger partial charge < -0.3 is 11.1 Å². The van der Waals surface area contributed by atoms with Crippen LogP contribution in [0.15, 0.2) is 6.07 Å². The first kappa shape index (κ1) is 18.4. The Morgan fingerprint density at radius 3 is 2.68 bits per heavy atom. The van der Waals surface area contributed by atoms with E-state index in [9.17, 15) is 4.79 Å². The van der Waals surface area contributed by atoms with Gasteiger partial charge in [-0.3, -0.25) is 4.79 Å². The summed E-state index contributed by atoms with van der Waals surface area (Å²) in [6.45, 7) is 6.91. The van der Waals surface area contributed by atoms with Crippen LogP contribution in [0.25, 0.3) is 0 Å². The van der Waals surface area contributed by atoms with Crippen LogP contribution >= 0.6 is 23.7 Å². The first-order chi connectivity index (χ1) is 8.58. The third kappa shape index (κ3) is 5.93. The molecule has 1 rings (SSSR count). The van der Waals surface area contributed by atoms with E-state index < -0.39 is 0 Å². The Labute approximate surface area is 126 Å². The molecular formula is C14H25ClN2OS. The maximum absolute atomic E-state index is 12.0. The number of nitrogens with two attached hydrogens (primary N) is 1. The molecule has 0 fully saturated rings. The molecule has 0 aliphatic heterocycles. The van der Waals surface area contributed by atoms with Gasteiger partial charge in [0.2, 0.25) is 0 Å². The molecule has 19 heavy (non-hydrogen) atoms. The van der Waals surface area contributed by atoms with Gasteiger partial charge in [-0.05, 0) is 37.8 Å². The highest BCUT2D eigenvalue weighted by molar-refractivity contribution is 7.14. The molecule has 0 aliphatic rings. The Morgan fingerprint density at radius 1 is 1.47 bits per heavy atom. The minimum absolute atomic E-state index is 0. The van der Waals surface area contributed by atoms with Crippen molar-refractivity contribution in [2.24, 2.45) is 5.73 Å². The molecule has 0 saturated heterocycles. The monoisotopic (exact) mass is 304 g/mol. The number of aryl methyl sites for hydroxylation is 2. The first-order valence-electron chi connectivity index (χ1n) is 6.73. The van der Waals surface area contributed by atoms with Gasteiger partial charge in [0.05, 0.1) is 4.88 Å². The van der Waals surface area contributed by atoms with Crippen LogP contribution in [0, 0.1) is 0 Å². The molecule has 0 spiro atoms. The van der Waals surface area contributed by atoms with Gasteiger partial charge >= 0.3 is 0 Å². The van der Waals surface area contributed by atoms with E-state index in [2.05, 4.69) is 19.2 Å². The lowest BCUT2D eigenvalue weighted by Gasteiger charge is -2.05. The van der Waals surface area contributed by atoms with Crippen LogP contribution in [0.5, 0.6) is 0 Å². The normalized spacial score (nSPS) is 11.8. The van der Waals surface area contributed by atoms with E-state index in [1.165, 1.54) is 10.4 Å². The summed E-state index contributed by atoms with van der Waals surface area (Å²) in [5.41, 5.74) is 6.98. The fraction of sp³-hybridized carbons (Fsp3) is 0.643. The quantitative estimate of drug-likeness (QED) is 0.813. The molecule has 3 nitrogen and oxygen atoms in total. The summed E-state index contributed by atoms with van der Waals surface area (Å²) in [5, 5.41) is 2.93. The summed E-state index contributed by atoms with van der Waals surface area (Å²) in [5.74, 6) is 0.0395. The summed E-state index contributed by atoms with van der Waals surface area (Å²) in [7, 11) is 0. The molecule has 110 valence electrons. The van der Waals surface area contributed by atoms with E-state index in [-0.39, 0.29) is 24.4 Å². The number of rotatable bonds is 7. The summed E-state index contributed by atoms with van der Waals surface area (Å²) in [6.07, 6.45) is 4.01. The summed E-state index contributed by atoms with van der Waals surface area (Å²) < 4.78 is 0. The Morgan fingerprint density at radius 2 is 2.16 bits per heavy atom. The average molecular weight is 305 g/mol. The van der Waals surface area contributed by atoms with Crippen molar-refractivity contribution < 1.29 is 4.79 Å². The number of halogens is 1. The number of thiophene rings is 1. The zero-order chi connectivity index (χ0) is 13.5. The maximum Gasteiger partial charge on any atom is 0.261 e. The summed E-state index contributed by atoms with van der Waals surface area (Å²) in [4.78, 5) is 14.2. The predicted molar refractivity (Wildman–Crippen MR) is 85.5 cm³/mol. The van der Waals surface area contributed by atoms with E-state index in [0.717, 1.165) is 30.6 Å². The van der Waals surface area contributed by atoms with Crippen LogP contribution in [0.1, 0.15) is 53.7 Å². The molecule has 1 atom stereocenters. The van der Waals surface area contributed by atoms with Crippen LogP contribution in [0.2, 0.25) is 0 Å². The van der Waals surface area contributed by atoms with Crippen molar-refractivity contribution in [2.45, 2.75) is 52.5 Å². The fourth-order valence-corrected chi connectivity index (χ4v) is 3.09. The highest BCUT2D eigenvalue weighted by atomic mass is 35.5. The van der Waals surface area contributed by atoms with Crippen LogP contribution in [-0.2, 0) is 12.8 Å². The van der Waals surface area contributed by atoms with Gasteiger partial charge in [-0.25, -0.2) is 0 Å². The van der Waals surface area contributed by atoms with Crippen LogP contribution in [0.3, 0.4) is 0 Å². The minimum atomic E-state index is 0. The molecular weight excluding hydrogens is 280 g/mol. The van der Waals surface area contributed by atoms with Crippen molar-refractivity contribution in [3.8, 4) is 0 Å². The Balaban J connectivity index is 0.00000324. The van der Waals surface area contributed by atoms with Crippen molar-refractivity contribution in [1.29, 1.82) is 0 Å². The Hall–Kier alpha value is -0.580. The van der Waals surface area contributed by atoms with Gasteiger partial charge in [0, 0.05) is 17.5 Å². The molecule has 1 unspecified atom stereocenters. The number of hydrogen-bond donors (Lipinski definition) is 2. The number of nitrogens with one attached hydrogen (secondary N) is 1. The molecule has 1 aromatic heterocycles. The molecule has 1 amide bonds. The Bertz CT molecular complexity index is 391. The summed E-state index contributed by atoms with van der Waals surface area (Å²) >= 11 is 1.63. The Kier molecular flexibility index (Phi) is 9.06. The fourth-order valence-electron chi connectivity index (χ4n) is 1.82. The largest absolute Gasteiger partial charge is 0.351 e. The lowest BCUT2D eigenvalue weighted by Crippen LogP contribution is -2.28. The van der Waals surface area contributed by atoms with Crippen LogP contribution < -0.4 is 11.1 Å². The predicted octanol–water partition coefficient (Wildman–Crippen LogP) is 3.15. The van der Waals surface area contributed by atoms with Gasteiger partial charge in [0.25, 0.3) is 5.91 Å². The lowest BCUT2D eigenvalue weighted by molar-refractivity contribution is 0.0957. The highest BCUT2D eigenvalue weighted by Crippen LogP contribution is 2.24. The third-order valence-corrected chi connectivity index (χ3v) is 4.10. The maximum atomic E-state index is 12.0. The first-order valence-corrected chi connectivity index (χ1v) is 7.55. The number of hydrogen-bond acceptors (Lipinski definition) is 3. The second-order valence-electron chi connectivity index (χ2n) is 4.68. The number of carbonyl (C=O) groups excluding carboxylic acids is 1. The summed E-state index contributed by atoms with van der Waals surface area (Å²) in [6, 6.07) is 2.17. The van der Waals surface area contributed by atoms with Gasteiger partial charge in [-0.15, -0.1) is 23.7 Å². The average Bonchev–Trinajstić information content (AvgIpc) is 2.72. The molecule has 1 heterocycles. The highest BCUT2D eigenvalue weighted by Gasteiger charge is 2.12. The van der Waals surface area contributed by atoms with Crippen molar-refractivity contribution in [3.63, 3.8) is 0 Å². The van der Waals surface area contributed by atoms with Crippen molar-refractivity contribution >= 4 is 29.7 Å². The zero-order valence-electron chi connectivity index (χ0n) is 12.0. The van der Waals surface area contributed by atoms with Gasteiger partial charge in [-0.1, -0.05) is 20.3 Å². The molecule has 3 N–H and O–H groups in total. The van der Waals surface area contributed by atoms with E-state index in [1.54, 1.807) is 11.3 Å². The van der Waals surface area contributed by atoms with Gasteiger partial charge in [0.15, 0.2) is 0 Å². The van der Waals surface area contributed by atoms with Crippen LogP contribution in [0.4, 0.5) is 0 Å². The van der Waals surface area contributed by atoms with E-state index in [1.807, 2.05) is 13.0 Å². The van der Waals surface area contributed by atoms with Gasteiger partial charge in [-0.2, -0.15) is 0 Å². The molecule has 0 aromatic carbocycles. The topological polar surface area (TPSA) is 55.1 Å². The van der Waals surface area contributed by atoms with E-state index >= 15 is 0 Å². The number of carbonyl (C=O) groups is 1. The molecule has 0 saturated carbocycles. The molecule has 5 heteroatoms. The SMILES string of the molecule is CCCc1sc(C(=O)NCCC(C)N)cc1CC.Cl. The third-order valence-electron chi connectivity index (χ3n) is 2.86. The number of amides is 1. The second-order valence-corrected chi connectivity index (χ2v) is 5.82. The van der Waals surface area contributed by atoms with Crippen molar-refractivity contribution in [2.75, 3.05) is 6.54 Å². The van der Waals surface area contributed by atoms with Crippen LogP contribution in [-0.4, -0.2) is 18.5 Å². The van der Waals surface area contributed by atoms with E-state index in [4.69, 9.17) is 5.73 Å². The molecule has 0 aliphatic carbocycles. The van der Waals surface area contributed by atoms with E-state index in [0.29, 0.717) is 6.54 Å². The second kappa shape index (κ2) is 9.34. The lowest BCUT2D eigenvalue weighted by atomic mass is 10.1. The van der Waals surface area contributed by atoms with Gasteiger partial charge in [0.1, 0.15) is 0 Å².